The quantitative estimate of drug-likeness (QED) is 0.745. The molecular weight excluding hydrogens is 230 g/mol. The topological polar surface area (TPSA) is 81.6 Å². The van der Waals surface area contributed by atoms with Crippen LogP contribution in [0, 0.1) is 5.92 Å². The van der Waals surface area contributed by atoms with Crippen molar-refractivity contribution in [2.75, 3.05) is 26.8 Å². The van der Waals surface area contributed by atoms with E-state index in [1.165, 1.54) is 6.42 Å². The van der Waals surface area contributed by atoms with Crippen molar-refractivity contribution in [3.63, 3.8) is 0 Å². The van der Waals surface area contributed by atoms with E-state index in [1.54, 1.807) is 0 Å². The van der Waals surface area contributed by atoms with Crippen LogP contribution in [0.25, 0.3) is 0 Å². The minimum Gasteiger partial charge on any atom is -0.381 e. The molecule has 0 aromatic carbocycles. The fraction of sp³-hybridized carbons (Fsp3) is 0.923. The average Bonchev–Trinajstić information content (AvgIpc) is 2.75. The van der Waals surface area contributed by atoms with Crippen molar-refractivity contribution in [2.45, 2.75) is 43.7 Å². The SMILES string of the molecule is CN(CC1CCCOC1)C1CCC(N)(C(N)=O)C1. The van der Waals surface area contributed by atoms with Crippen molar-refractivity contribution in [1.29, 1.82) is 0 Å². The number of carbonyl (C=O) groups excluding carboxylic acids is 1. The van der Waals surface area contributed by atoms with Crippen molar-refractivity contribution in [2.24, 2.45) is 17.4 Å². The molecule has 0 bridgehead atoms. The van der Waals surface area contributed by atoms with Gasteiger partial charge in [0.1, 0.15) is 0 Å². The highest BCUT2D eigenvalue weighted by Gasteiger charge is 2.42. The summed E-state index contributed by atoms with van der Waals surface area (Å²) < 4.78 is 5.50. The molecule has 1 saturated carbocycles. The Bertz CT molecular complexity index is 305. The van der Waals surface area contributed by atoms with Crippen LogP contribution in [0.2, 0.25) is 0 Å². The molecule has 18 heavy (non-hydrogen) atoms. The number of nitrogens with zero attached hydrogens (tertiary/aromatic N) is 1. The van der Waals surface area contributed by atoms with Gasteiger partial charge in [-0.1, -0.05) is 0 Å². The second kappa shape index (κ2) is 5.55. The van der Waals surface area contributed by atoms with Gasteiger partial charge >= 0.3 is 0 Å². The summed E-state index contributed by atoms with van der Waals surface area (Å²) >= 11 is 0. The third-order valence-corrected chi connectivity index (χ3v) is 4.44. The maximum atomic E-state index is 11.3. The number of rotatable bonds is 4. The molecule has 1 aliphatic carbocycles. The van der Waals surface area contributed by atoms with Crippen LogP contribution in [-0.2, 0) is 9.53 Å². The van der Waals surface area contributed by atoms with Gasteiger partial charge in [-0.2, -0.15) is 0 Å². The number of nitrogens with two attached hydrogens (primary N) is 2. The van der Waals surface area contributed by atoms with E-state index < -0.39 is 5.54 Å². The first-order valence-electron chi connectivity index (χ1n) is 6.88. The fourth-order valence-electron chi connectivity index (χ4n) is 3.16. The summed E-state index contributed by atoms with van der Waals surface area (Å²) in [5.41, 5.74) is 10.6. The van der Waals surface area contributed by atoms with Gasteiger partial charge in [-0.3, -0.25) is 4.79 Å². The van der Waals surface area contributed by atoms with E-state index in [1.807, 2.05) is 0 Å². The van der Waals surface area contributed by atoms with E-state index in [4.69, 9.17) is 16.2 Å². The standard InChI is InChI=1S/C13H25N3O2/c1-16(8-10-3-2-6-18-9-10)11-4-5-13(15,7-11)12(14)17/h10-11H,2-9,15H2,1H3,(H2,14,17). The molecule has 3 unspecified atom stereocenters. The third-order valence-electron chi connectivity index (χ3n) is 4.44. The average molecular weight is 255 g/mol. The predicted octanol–water partition coefficient (Wildman–Crippen LogP) is 0.0801. The molecule has 4 N–H and O–H groups in total. The van der Waals surface area contributed by atoms with Gasteiger partial charge in [0.05, 0.1) is 12.1 Å². The molecule has 2 rings (SSSR count). The summed E-state index contributed by atoms with van der Waals surface area (Å²) in [7, 11) is 2.12. The van der Waals surface area contributed by atoms with Crippen LogP contribution < -0.4 is 11.5 Å². The van der Waals surface area contributed by atoms with E-state index in [-0.39, 0.29) is 5.91 Å². The normalized spacial score (nSPS) is 37.1. The molecule has 0 radical (unpaired) electrons. The Morgan fingerprint density at radius 1 is 1.50 bits per heavy atom. The maximum Gasteiger partial charge on any atom is 0.237 e. The zero-order valence-electron chi connectivity index (χ0n) is 11.2. The number of ether oxygens (including phenoxy) is 1. The second-order valence-corrected chi connectivity index (χ2v) is 5.94. The third kappa shape index (κ3) is 3.02. The highest BCUT2D eigenvalue weighted by Crippen LogP contribution is 2.31. The van der Waals surface area contributed by atoms with Gasteiger partial charge < -0.3 is 21.1 Å². The van der Waals surface area contributed by atoms with Gasteiger partial charge in [-0.15, -0.1) is 0 Å². The van der Waals surface area contributed by atoms with Crippen LogP contribution in [0.3, 0.4) is 0 Å². The fourth-order valence-corrected chi connectivity index (χ4v) is 3.16. The Labute approximate surface area is 109 Å². The Balaban J connectivity index is 1.83. The van der Waals surface area contributed by atoms with Gasteiger partial charge in [0, 0.05) is 19.2 Å². The van der Waals surface area contributed by atoms with Crippen molar-refractivity contribution in [3.05, 3.63) is 0 Å². The summed E-state index contributed by atoms with van der Waals surface area (Å²) in [5, 5.41) is 0. The molecule has 5 heteroatoms. The first kappa shape index (κ1) is 13.8. The smallest absolute Gasteiger partial charge is 0.237 e. The van der Waals surface area contributed by atoms with Crippen molar-refractivity contribution < 1.29 is 9.53 Å². The molecule has 2 aliphatic rings. The van der Waals surface area contributed by atoms with Crippen LogP contribution in [0.15, 0.2) is 0 Å². The van der Waals surface area contributed by atoms with Crippen LogP contribution in [-0.4, -0.2) is 49.2 Å². The van der Waals surface area contributed by atoms with E-state index in [2.05, 4.69) is 11.9 Å². The molecule has 5 nitrogen and oxygen atoms in total. The number of hydrogen-bond acceptors (Lipinski definition) is 4. The van der Waals surface area contributed by atoms with Crippen molar-refractivity contribution in [1.82, 2.24) is 4.90 Å². The van der Waals surface area contributed by atoms with Gasteiger partial charge in [-0.25, -0.2) is 0 Å². The molecule has 0 aromatic rings. The first-order chi connectivity index (χ1) is 8.51. The lowest BCUT2D eigenvalue weighted by molar-refractivity contribution is -0.123. The summed E-state index contributed by atoms with van der Waals surface area (Å²) in [5.74, 6) is 0.254. The number of carbonyl (C=O) groups is 1. The summed E-state index contributed by atoms with van der Waals surface area (Å²) in [6.45, 7) is 2.79. The highest BCUT2D eigenvalue weighted by molar-refractivity contribution is 5.84. The zero-order chi connectivity index (χ0) is 13.2. The zero-order valence-corrected chi connectivity index (χ0v) is 11.2. The second-order valence-electron chi connectivity index (χ2n) is 5.94. The molecule has 1 aliphatic heterocycles. The number of amides is 1. The summed E-state index contributed by atoms with van der Waals surface area (Å²) in [4.78, 5) is 13.7. The number of primary amides is 1. The summed E-state index contributed by atoms with van der Waals surface area (Å²) in [6.07, 6.45) is 4.75. The van der Waals surface area contributed by atoms with Crippen molar-refractivity contribution in [3.8, 4) is 0 Å². The Hall–Kier alpha value is -0.650. The lowest BCUT2D eigenvalue weighted by atomic mass is 9.97. The van der Waals surface area contributed by atoms with E-state index in [0.717, 1.165) is 32.6 Å². The Morgan fingerprint density at radius 2 is 2.28 bits per heavy atom. The molecule has 0 spiro atoms. The van der Waals surface area contributed by atoms with E-state index >= 15 is 0 Å². The lowest BCUT2D eigenvalue weighted by Gasteiger charge is -2.31. The van der Waals surface area contributed by atoms with Gasteiger partial charge in [0.2, 0.25) is 5.91 Å². The van der Waals surface area contributed by atoms with E-state index in [0.29, 0.717) is 24.8 Å². The molecule has 1 heterocycles. The van der Waals surface area contributed by atoms with Crippen LogP contribution in [0.5, 0.6) is 0 Å². The highest BCUT2D eigenvalue weighted by atomic mass is 16.5. The van der Waals surface area contributed by atoms with E-state index in [9.17, 15) is 4.79 Å². The van der Waals surface area contributed by atoms with Crippen molar-refractivity contribution >= 4 is 5.91 Å². The van der Waals surface area contributed by atoms with Gasteiger partial charge in [0.15, 0.2) is 0 Å². The monoisotopic (exact) mass is 255 g/mol. The van der Waals surface area contributed by atoms with Crippen LogP contribution in [0.1, 0.15) is 32.1 Å². The van der Waals surface area contributed by atoms with Gasteiger partial charge in [-0.05, 0) is 45.1 Å². The molecular formula is C13H25N3O2. The lowest BCUT2D eigenvalue weighted by Crippen LogP contribution is -2.51. The largest absolute Gasteiger partial charge is 0.381 e. The molecule has 104 valence electrons. The Kier molecular flexibility index (Phi) is 4.25. The van der Waals surface area contributed by atoms with Crippen LogP contribution in [0.4, 0.5) is 0 Å². The number of hydrogen-bond donors (Lipinski definition) is 2. The molecule has 2 fully saturated rings. The minimum atomic E-state index is -0.790. The molecule has 1 saturated heterocycles. The molecule has 3 atom stereocenters. The summed E-state index contributed by atoms with van der Waals surface area (Å²) in [6, 6.07) is 0.379. The maximum absolute atomic E-state index is 11.3. The Morgan fingerprint density at radius 3 is 2.83 bits per heavy atom. The first-order valence-corrected chi connectivity index (χ1v) is 6.88. The minimum absolute atomic E-state index is 0.362. The van der Waals surface area contributed by atoms with Crippen LogP contribution >= 0.6 is 0 Å². The predicted molar refractivity (Wildman–Crippen MR) is 69.9 cm³/mol. The molecule has 1 amide bonds. The van der Waals surface area contributed by atoms with Gasteiger partial charge in [0.25, 0.3) is 0 Å². The molecule has 0 aromatic heterocycles.